The van der Waals surface area contributed by atoms with Crippen molar-refractivity contribution in [1.29, 1.82) is 0 Å². The second-order valence-electron chi connectivity index (χ2n) is 5.60. The third-order valence-electron chi connectivity index (χ3n) is 3.84. The van der Waals surface area contributed by atoms with E-state index >= 15 is 0 Å². The minimum atomic E-state index is -0.981. The molecule has 0 radical (unpaired) electrons. The highest BCUT2D eigenvalue weighted by Crippen LogP contribution is 2.19. The zero-order valence-electron chi connectivity index (χ0n) is 13.8. The van der Waals surface area contributed by atoms with E-state index in [4.69, 9.17) is 11.6 Å². The molecular formula is C21H17ClN2O2. The zero-order valence-corrected chi connectivity index (χ0v) is 14.6. The molecule has 0 unspecified atom stereocenters. The number of halogens is 1. The van der Waals surface area contributed by atoms with Crippen molar-refractivity contribution in [3.8, 4) is 0 Å². The number of carbonyl (C=O) groups is 1. The molecule has 1 atom stereocenters. The van der Waals surface area contributed by atoms with E-state index in [0.29, 0.717) is 27.4 Å². The van der Waals surface area contributed by atoms with Gasteiger partial charge >= 0.3 is 0 Å². The molecule has 4 nitrogen and oxygen atoms in total. The molecule has 3 aromatic rings. The Morgan fingerprint density at radius 1 is 0.885 bits per heavy atom. The third kappa shape index (κ3) is 4.17. The van der Waals surface area contributed by atoms with E-state index in [9.17, 15) is 9.90 Å². The van der Waals surface area contributed by atoms with Gasteiger partial charge in [-0.2, -0.15) is 5.10 Å². The number of aliphatic hydroxyl groups is 1. The van der Waals surface area contributed by atoms with Gasteiger partial charge in [-0.1, -0.05) is 84.4 Å². The minimum Gasteiger partial charge on any atom is -0.382 e. The van der Waals surface area contributed by atoms with Crippen molar-refractivity contribution in [3.63, 3.8) is 0 Å². The molecule has 0 aliphatic carbocycles. The fraction of sp³-hybridized carbons (Fsp3) is 0.0476. The van der Waals surface area contributed by atoms with E-state index in [-0.39, 0.29) is 0 Å². The first-order chi connectivity index (χ1) is 12.7. The van der Waals surface area contributed by atoms with Crippen LogP contribution >= 0.6 is 11.6 Å². The smallest absolute Gasteiger partial charge is 0.272 e. The number of carbonyl (C=O) groups excluding carboxylic acids is 1. The van der Waals surface area contributed by atoms with Crippen LogP contribution < -0.4 is 5.43 Å². The molecule has 0 aromatic heterocycles. The van der Waals surface area contributed by atoms with Gasteiger partial charge in [-0.15, -0.1) is 0 Å². The monoisotopic (exact) mass is 364 g/mol. The van der Waals surface area contributed by atoms with Gasteiger partial charge in [-0.05, 0) is 17.7 Å². The highest BCUT2D eigenvalue weighted by molar-refractivity contribution is 6.33. The van der Waals surface area contributed by atoms with Crippen LogP contribution in [0.1, 0.15) is 27.6 Å². The van der Waals surface area contributed by atoms with Gasteiger partial charge in [0.25, 0.3) is 5.91 Å². The fourth-order valence-corrected chi connectivity index (χ4v) is 2.72. The highest BCUT2D eigenvalue weighted by Gasteiger charge is 2.18. The molecule has 5 heteroatoms. The Bertz CT molecular complexity index is 912. The lowest BCUT2D eigenvalue weighted by atomic mass is 9.99. The summed E-state index contributed by atoms with van der Waals surface area (Å²) in [6, 6.07) is 25.1. The molecule has 3 rings (SSSR count). The summed E-state index contributed by atoms with van der Waals surface area (Å²) < 4.78 is 0. The Morgan fingerprint density at radius 3 is 2.12 bits per heavy atom. The molecule has 0 heterocycles. The number of nitrogens with zero attached hydrogens (tertiary/aromatic N) is 1. The molecule has 26 heavy (non-hydrogen) atoms. The fourth-order valence-electron chi connectivity index (χ4n) is 2.50. The predicted octanol–water partition coefficient (Wildman–Crippen LogP) is 4.21. The van der Waals surface area contributed by atoms with Gasteiger partial charge in [0.1, 0.15) is 11.8 Å². The molecule has 0 aliphatic heterocycles. The molecule has 130 valence electrons. The topological polar surface area (TPSA) is 61.7 Å². The van der Waals surface area contributed by atoms with Crippen molar-refractivity contribution in [1.82, 2.24) is 5.43 Å². The maximum Gasteiger partial charge on any atom is 0.272 e. The molecule has 0 aliphatic rings. The lowest BCUT2D eigenvalue weighted by Gasteiger charge is -2.15. The molecule has 1 amide bonds. The number of rotatable bonds is 5. The summed E-state index contributed by atoms with van der Waals surface area (Å²) in [5, 5.41) is 15.3. The van der Waals surface area contributed by atoms with Gasteiger partial charge in [-0.3, -0.25) is 4.79 Å². The first kappa shape index (κ1) is 17.9. The molecular weight excluding hydrogens is 348 g/mol. The van der Waals surface area contributed by atoms with Crippen LogP contribution in [-0.4, -0.2) is 16.7 Å². The maximum atomic E-state index is 12.4. The third-order valence-corrected chi connectivity index (χ3v) is 4.17. The Labute approximate surface area is 156 Å². The Kier molecular flexibility index (Phi) is 5.79. The largest absolute Gasteiger partial charge is 0.382 e. The van der Waals surface area contributed by atoms with E-state index in [0.717, 1.165) is 0 Å². The number of benzene rings is 3. The average molecular weight is 365 g/mol. The number of hydrogen-bond acceptors (Lipinski definition) is 3. The van der Waals surface area contributed by atoms with Crippen molar-refractivity contribution in [3.05, 3.63) is 107 Å². The number of amides is 1. The van der Waals surface area contributed by atoms with E-state index in [1.807, 2.05) is 48.5 Å². The molecule has 3 aromatic carbocycles. The van der Waals surface area contributed by atoms with Crippen LogP contribution in [0.4, 0.5) is 0 Å². The Morgan fingerprint density at radius 2 is 1.46 bits per heavy atom. The van der Waals surface area contributed by atoms with Gasteiger partial charge in [0.2, 0.25) is 0 Å². The first-order valence-corrected chi connectivity index (χ1v) is 8.45. The summed E-state index contributed by atoms with van der Waals surface area (Å²) in [5.41, 5.74) is 4.55. The van der Waals surface area contributed by atoms with Crippen molar-refractivity contribution in [2.45, 2.75) is 6.10 Å². The van der Waals surface area contributed by atoms with E-state index < -0.39 is 12.0 Å². The van der Waals surface area contributed by atoms with Crippen LogP contribution in [0.25, 0.3) is 0 Å². The molecule has 0 spiro atoms. The van der Waals surface area contributed by atoms with Crippen molar-refractivity contribution < 1.29 is 9.90 Å². The van der Waals surface area contributed by atoms with Gasteiger partial charge < -0.3 is 5.11 Å². The molecule has 0 saturated heterocycles. The van der Waals surface area contributed by atoms with Gasteiger partial charge in [0.05, 0.1) is 10.6 Å². The van der Waals surface area contributed by atoms with Crippen molar-refractivity contribution in [2.75, 3.05) is 0 Å². The number of hydrazone groups is 1. The van der Waals surface area contributed by atoms with Gasteiger partial charge in [0, 0.05) is 5.56 Å². The Balaban J connectivity index is 1.92. The van der Waals surface area contributed by atoms with E-state index in [1.165, 1.54) is 0 Å². The quantitative estimate of drug-likeness (QED) is 0.526. The lowest BCUT2D eigenvalue weighted by molar-refractivity contribution is 0.0954. The molecule has 0 fully saturated rings. The minimum absolute atomic E-state index is 0.319. The van der Waals surface area contributed by atoms with Crippen LogP contribution in [0, 0.1) is 0 Å². The first-order valence-electron chi connectivity index (χ1n) is 8.07. The predicted molar refractivity (Wildman–Crippen MR) is 103 cm³/mol. The van der Waals surface area contributed by atoms with E-state index in [2.05, 4.69) is 10.5 Å². The summed E-state index contributed by atoms with van der Waals surface area (Å²) in [5.74, 6) is -0.440. The molecule has 0 saturated carbocycles. The van der Waals surface area contributed by atoms with Crippen LogP contribution in [0.3, 0.4) is 0 Å². The molecule has 0 bridgehead atoms. The molecule has 2 N–H and O–H groups in total. The summed E-state index contributed by atoms with van der Waals surface area (Å²) in [4.78, 5) is 12.4. The Hall–Kier alpha value is -2.95. The second-order valence-corrected chi connectivity index (χ2v) is 6.00. The SMILES string of the molecule is O=C(N/N=C(\c1ccccc1)[C@@H](O)c1ccccc1)c1ccccc1Cl. The van der Waals surface area contributed by atoms with E-state index in [1.54, 1.807) is 36.4 Å². The number of nitrogens with one attached hydrogen (secondary N) is 1. The number of aliphatic hydroxyl groups excluding tert-OH is 1. The standard InChI is InChI=1S/C21H17ClN2O2/c22-18-14-8-7-13-17(18)21(26)24-23-19(15-9-3-1-4-10-15)20(25)16-11-5-2-6-12-16/h1-14,20,25H,(H,24,26)/b23-19+/t20-/m0/s1. The zero-order chi connectivity index (χ0) is 18.4. The summed E-state index contributed by atoms with van der Waals surface area (Å²) in [7, 11) is 0. The lowest BCUT2D eigenvalue weighted by Crippen LogP contribution is -2.23. The van der Waals surface area contributed by atoms with Crippen molar-refractivity contribution >= 4 is 23.2 Å². The summed E-state index contributed by atoms with van der Waals surface area (Å²) in [6.07, 6.45) is -0.981. The van der Waals surface area contributed by atoms with Gasteiger partial charge in [-0.25, -0.2) is 5.43 Å². The van der Waals surface area contributed by atoms with Crippen LogP contribution in [0.5, 0.6) is 0 Å². The highest BCUT2D eigenvalue weighted by atomic mass is 35.5. The maximum absolute atomic E-state index is 12.4. The summed E-state index contributed by atoms with van der Waals surface area (Å²) in [6.45, 7) is 0. The van der Waals surface area contributed by atoms with Crippen LogP contribution in [0.15, 0.2) is 90.0 Å². The van der Waals surface area contributed by atoms with Crippen molar-refractivity contribution in [2.24, 2.45) is 5.10 Å². The summed E-state index contributed by atoms with van der Waals surface area (Å²) >= 11 is 6.05. The average Bonchev–Trinajstić information content (AvgIpc) is 2.69. The number of hydrogen-bond donors (Lipinski definition) is 2. The van der Waals surface area contributed by atoms with Gasteiger partial charge in [0.15, 0.2) is 0 Å². The van der Waals surface area contributed by atoms with Crippen LogP contribution in [0.2, 0.25) is 5.02 Å². The second kappa shape index (κ2) is 8.43. The van der Waals surface area contributed by atoms with Crippen LogP contribution in [-0.2, 0) is 0 Å². The normalized spacial score (nSPS) is 12.5.